The molecule has 0 bridgehead atoms. The smallest absolute Gasteiger partial charge is 0.116 e. The third-order valence-corrected chi connectivity index (χ3v) is 4.35. The molecule has 0 atom stereocenters. The number of hydrogen-bond acceptors (Lipinski definition) is 6. The normalized spacial score (nSPS) is 6.81. The van der Waals surface area contributed by atoms with Gasteiger partial charge in [-0.3, -0.25) is 28.7 Å². The van der Waals surface area contributed by atoms with Crippen molar-refractivity contribution in [1.29, 1.82) is 0 Å². The van der Waals surface area contributed by atoms with E-state index in [-0.39, 0.29) is 14.9 Å². The van der Waals surface area contributed by atoms with Gasteiger partial charge >= 0.3 is 0 Å². The number of carbonyl (C=O) groups is 2. The van der Waals surface area contributed by atoms with Gasteiger partial charge in [0.1, 0.15) is 12.6 Å². The number of aryl methyl sites for hydroxylation is 4. The van der Waals surface area contributed by atoms with Crippen molar-refractivity contribution in [3.8, 4) is 0 Å². The molecular formula is C44H82F2N4O2. The highest BCUT2D eigenvalue weighted by Crippen LogP contribution is 1.93. The van der Waals surface area contributed by atoms with Crippen LogP contribution in [-0.2, 0) is 35.3 Å². The molecule has 52 heavy (non-hydrogen) atoms. The molecule has 304 valence electrons. The Morgan fingerprint density at radius 3 is 0.596 bits per heavy atom. The highest BCUT2D eigenvalue weighted by atomic mass is 19.1. The van der Waals surface area contributed by atoms with Gasteiger partial charge in [0, 0.05) is 47.6 Å². The van der Waals surface area contributed by atoms with E-state index in [9.17, 15) is 8.78 Å². The zero-order valence-corrected chi connectivity index (χ0v) is 34.6. The van der Waals surface area contributed by atoms with E-state index in [0.29, 0.717) is 14.4 Å². The van der Waals surface area contributed by atoms with Crippen molar-refractivity contribution in [2.75, 3.05) is 14.4 Å². The molecule has 6 nitrogen and oxygen atoms in total. The van der Waals surface area contributed by atoms with Gasteiger partial charge in [-0.1, -0.05) is 122 Å². The number of pyridine rings is 4. The van der Waals surface area contributed by atoms with Crippen LogP contribution in [0.2, 0.25) is 0 Å². The Morgan fingerprint density at radius 1 is 0.404 bits per heavy atom. The second-order valence-corrected chi connectivity index (χ2v) is 7.17. The average molecular weight is 737 g/mol. The Kier molecular flexibility index (Phi) is 121. The SMILES string of the molecule is C.C.CC.CC.CC.CC.CC=O.CC=O.CCc1ccccn1.CCc1ccccn1.CCc1ccccn1.CCc1ccccn1.CF.CF. The van der Waals surface area contributed by atoms with Crippen molar-refractivity contribution < 1.29 is 18.4 Å². The zero-order chi connectivity index (χ0) is 40.7. The van der Waals surface area contributed by atoms with Crippen LogP contribution in [0.1, 0.15) is 135 Å². The van der Waals surface area contributed by atoms with Gasteiger partial charge in [-0.05, 0) is 88.1 Å². The third kappa shape index (κ3) is 71.7. The molecule has 0 aliphatic rings. The predicted octanol–water partition coefficient (Wildman–Crippen LogP) is 13.5. The van der Waals surface area contributed by atoms with E-state index >= 15 is 0 Å². The number of alkyl halides is 2. The third-order valence-electron chi connectivity index (χ3n) is 4.35. The van der Waals surface area contributed by atoms with Crippen molar-refractivity contribution in [2.45, 2.75) is 137 Å². The molecule has 0 saturated carbocycles. The van der Waals surface area contributed by atoms with Gasteiger partial charge in [0.25, 0.3) is 0 Å². The van der Waals surface area contributed by atoms with Gasteiger partial charge < -0.3 is 9.59 Å². The number of nitrogens with zero attached hydrogens (tertiary/aromatic N) is 4. The number of hydrogen-bond donors (Lipinski definition) is 0. The molecule has 4 rings (SSSR count). The van der Waals surface area contributed by atoms with E-state index in [0.717, 1.165) is 61.0 Å². The predicted molar refractivity (Wildman–Crippen MR) is 231 cm³/mol. The minimum atomic E-state index is 0. The zero-order valence-electron chi connectivity index (χ0n) is 34.6. The molecule has 0 saturated heterocycles. The number of rotatable bonds is 4. The summed E-state index contributed by atoms with van der Waals surface area (Å²) < 4.78 is 19.0. The lowest BCUT2D eigenvalue weighted by atomic mass is 10.3. The summed E-state index contributed by atoms with van der Waals surface area (Å²) >= 11 is 0. The minimum Gasteiger partial charge on any atom is -0.304 e. The van der Waals surface area contributed by atoms with Crippen LogP contribution in [0.15, 0.2) is 97.6 Å². The molecule has 4 aromatic rings. The molecule has 0 aromatic carbocycles. The van der Waals surface area contributed by atoms with Gasteiger partial charge in [0.05, 0.1) is 14.4 Å². The summed E-state index contributed by atoms with van der Waals surface area (Å²) in [6, 6.07) is 23.9. The molecule has 0 spiro atoms. The Morgan fingerprint density at radius 2 is 0.538 bits per heavy atom. The van der Waals surface area contributed by atoms with Crippen molar-refractivity contribution in [1.82, 2.24) is 19.9 Å². The first kappa shape index (κ1) is 73.3. The maximum atomic E-state index is 9.50. The van der Waals surface area contributed by atoms with Crippen LogP contribution in [-0.4, -0.2) is 46.9 Å². The lowest BCUT2D eigenvalue weighted by molar-refractivity contribution is -0.106. The largest absolute Gasteiger partial charge is 0.304 e. The van der Waals surface area contributed by atoms with Crippen molar-refractivity contribution in [2.24, 2.45) is 0 Å². The Bertz CT molecular complexity index is 851. The topological polar surface area (TPSA) is 85.7 Å². The number of carbonyl (C=O) groups excluding carboxylic acids is 2. The molecule has 4 heterocycles. The van der Waals surface area contributed by atoms with Crippen molar-refractivity contribution >= 4 is 12.6 Å². The van der Waals surface area contributed by atoms with Crippen molar-refractivity contribution in [3.63, 3.8) is 0 Å². The van der Waals surface area contributed by atoms with Gasteiger partial charge in [0.2, 0.25) is 0 Å². The highest BCUT2D eigenvalue weighted by Gasteiger charge is 1.83. The first-order valence-corrected chi connectivity index (χ1v) is 17.7. The second kappa shape index (κ2) is 85.9. The molecule has 0 unspecified atom stereocenters. The van der Waals surface area contributed by atoms with Crippen LogP contribution in [0.3, 0.4) is 0 Å². The molecule has 0 aliphatic carbocycles. The van der Waals surface area contributed by atoms with Crippen molar-refractivity contribution in [3.05, 3.63) is 120 Å². The van der Waals surface area contributed by atoms with Crippen LogP contribution >= 0.6 is 0 Å². The molecule has 0 radical (unpaired) electrons. The lowest BCUT2D eigenvalue weighted by Crippen LogP contribution is -1.81. The minimum absolute atomic E-state index is 0. The first-order chi connectivity index (χ1) is 24.6. The summed E-state index contributed by atoms with van der Waals surface area (Å²) in [7, 11) is 1.00. The number of aromatic nitrogens is 4. The van der Waals surface area contributed by atoms with E-state index in [1.165, 1.54) is 13.8 Å². The fourth-order valence-corrected chi connectivity index (χ4v) is 2.43. The summed E-state index contributed by atoms with van der Waals surface area (Å²) in [6.07, 6.45) is 12.9. The maximum Gasteiger partial charge on any atom is 0.116 e. The first-order valence-electron chi connectivity index (χ1n) is 17.7. The number of aldehydes is 2. The fraction of sp³-hybridized carbons (Fsp3) is 0.500. The van der Waals surface area contributed by atoms with E-state index in [2.05, 4.69) is 47.6 Å². The molecule has 0 fully saturated rings. The average Bonchev–Trinajstić information content (AvgIpc) is 3.25. The van der Waals surface area contributed by atoms with Gasteiger partial charge in [0.15, 0.2) is 0 Å². The molecule has 0 N–H and O–H groups in total. The molecule has 0 aliphatic heterocycles. The quantitative estimate of drug-likeness (QED) is 0.194. The van der Waals surface area contributed by atoms with Crippen LogP contribution in [0.25, 0.3) is 0 Å². The Hall–Kier alpha value is -4.20. The Labute approximate surface area is 322 Å². The van der Waals surface area contributed by atoms with E-state index in [4.69, 9.17) is 9.59 Å². The van der Waals surface area contributed by atoms with Crippen LogP contribution in [0.4, 0.5) is 8.78 Å². The summed E-state index contributed by atoms with van der Waals surface area (Å²) in [6.45, 7) is 27.3. The molecule has 8 heteroatoms. The molecule has 0 amide bonds. The van der Waals surface area contributed by atoms with Gasteiger partial charge in [-0.2, -0.15) is 0 Å². The number of halogens is 2. The fourth-order valence-electron chi connectivity index (χ4n) is 2.43. The summed E-state index contributed by atoms with van der Waals surface area (Å²) in [5.41, 5.74) is 4.64. The van der Waals surface area contributed by atoms with E-state index in [1.54, 1.807) is 0 Å². The highest BCUT2D eigenvalue weighted by molar-refractivity contribution is 5.44. The molecule has 4 aromatic heterocycles. The summed E-state index contributed by atoms with van der Waals surface area (Å²) in [4.78, 5) is 34.0. The standard InChI is InChI=1S/4C7H9N.2C2H4O.4C2H6.2CH3F.2CH4/c4*1-2-7-5-3-4-6-8-7;2*1-2-3;6*1-2;;/h4*3-6H,2H2,1H3;2*2H,1H3;4*1-2H3;2*1H3;2*1H4. The van der Waals surface area contributed by atoms with Crippen LogP contribution in [0, 0.1) is 0 Å². The molecular weight excluding hydrogens is 655 g/mol. The maximum absolute atomic E-state index is 9.50. The summed E-state index contributed by atoms with van der Waals surface area (Å²) in [5.74, 6) is 0. The van der Waals surface area contributed by atoms with E-state index in [1.807, 2.05) is 153 Å². The Balaban J connectivity index is -0.0000000488. The lowest BCUT2D eigenvalue weighted by Gasteiger charge is -1.88. The van der Waals surface area contributed by atoms with Crippen LogP contribution < -0.4 is 0 Å². The van der Waals surface area contributed by atoms with Gasteiger partial charge in [-0.25, -0.2) is 0 Å². The van der Waals surface area contributed by atoms with E-state index < -0.39 is 0 Å². The monoisotopic (exact) mass is 737 g/mol. The van der Waals surface area contributed by atoms with Gasteiger partial charge in [-0.15, -0.1) is 0 Å². The van der Waals surface area contributed by atoms with Crippen LogP contribution in [0.5, 0.6) is 0 Å². The summed E-state index contributed by atoms with van der Waals surface area (Å²) in [5, 5.41) is 0. The second-order valence-electron chi connectivity index (χ2n) is 7.17.